The Labute approximate surface area is 106 Å². The lowest BCUT2D eigenvalue weighted by Crippen LogP contribution is -2.06. The molecule has 4 heteroatoms. The Morgan fingerprint density at radius 3 is 3.06 bits per heavy atom. The molecule has 1 saturated carbocycles. The molecule has 1 aliphatic heterocycles. The van der Waals surface area contributed by atoms with E-state index in [0.717, 1.165) is 30.9 Å². The van der Waals surface area contributed by atoms with Gasteiger partial charge in [-0.2, -0.15) is 0 Å². The second kappa shape index (κ2) is 4.76. The van der Waals surface area contributed by atoms with Gasteiger partial charge in [0.15, 0.2) is 0 Å². The highest BCUT2D eigenvalue weighted by atomic mass is 19.1. The van der Waals surface area contributed by atoms with E-state index in [1.165, 1.54) is 11.1 Å². The SMILES string of the molecule is NC[C@@H]1C[C@H]1c1c(OCCF)ccc2c1CCO2. The largest absolute Gasteiger partial charge is 0.493 e. The summed E-state index contributed by atoms with van der Waals surface area (Å²) >= 11 is 0. The summed E-state index contributed by atoms with van der Waals surface area (Å²) in [7, 11) is 0. The Bertz CT molecular complexity index is 450. The van der Waals surface area contributed by atoms with Gasteiger partial charge in [-0.15, -0.1) is 0 Å². The monoisotopic (exact) mass is 251 g/mol. The lowest BCUT2D eigenvalue weighted by molar-refractivity contribution is 0.270. The molecular weight excluding hydrogens is 233 g/mol. The highest BCUT2D eigenvalue weighted by molar-refractivity contribution is 5.54. The molecule has 1 heterocycles. The molecule has 0 unspecified atom stereocenters. The van der Waals surface area contributed by atoms with Crippen molar-refractivity contribution in [1.29, 1.82) is 0 Å². The van der Waals surface area contributed by atoms with Crippen LogP contribution in [-0.4, -0.2) is 26.4 Å². The first kappa shape index (κ1) is 11.8. The number of hydrogen-bond acceptors (Lipinski definition) is 3. The number of ether oxygens (including phenoxy) is 2. The topological polar surface area (TPSA) is 44.5 Å². The second-order valence-electron chi connectivity index (χ2n) is 4.93. The number of hydrogen-bond donors (Lipinski definition) is 1. The van der Waals surface area contributed by atoms with Crippen LogP contribution in [0.2, 0.25) is 0 Å². The maximum Gasteiger partial charge on any atom is 0.123 e. The molecule has 0 bridgehead atoms. The van der Waals surface area contributed by atoms with Gasteiger partial charge in [0.2, 0.25) is 0 Å². The molecule has 1 aromatic rings. The van der Waals surface area contributed by atoms with Crippen LogP contribution in [0.25, 0.3) is 0 Å². The Hall–Kier alpha value is -1.29. The Morgan fingerprint density at radius 2 is 2.33 bits per heavy atom. The third kappa shape index (κ3) is 1.94. The molecule has 1 fully saturated rings. The number of benzene rings is 1. The second-order valence-corrected chi connectivity index (χ2v) is 4.93. The zero-order chi connectivity index (χ0) is 12.5. The normalized spacial score (nSPS) is 24.6. The highest BCUT2D eigenvalue weighted by Gasteiger charge is 2.41. The Kier molecular flexibility index (Phi) is 3.12. The van der Waals surface area contributed by atoms with Gasteiger partial charge in [0.05, 0.1) is 6.61 Å². The fraction of sp³-hybridized carbons (Fsp3) is 0.571. The van der Waals surface area contributed by atoms with Crippen LogP contribution < -0.4 is 15.2 Å². The van der Waals surface area contributed by atoms with Gasteiger partial charge in [0.25, 0.3) is 0 Å². The number of fused-ring (bicyclic) bond motifs is 1. The average molecular weight is 251 g/mol. The summed E-state index contributed by atoms with van der Waals surface area (Å²) in [5.74, 6) is 2.80. The predicted molar refractivity (Wildman–Crippen MR) is 67.0 cm³/mol. The quantitative estimate of drug-likeness (QED) is 0.871. The van der Waals surface area contributed by atoms with Gasteiger partial charge < -0.3 is 15.2 Å². The lowest BCUT2D eigenvalue weighted by atomic mass is 9.98. The smallest absolute Gasteiger partial charge is 0.123 e. The molecule has 2 N–H and O–H groups in total. The van der Waals surface area contributed by atoms with Crippen molar-refractivity contribution in [2.24, 2.45) is 11.7 Å². The molecule has 0 radical (unpaired) electrons. The molecule has 0 spiro atoms. The van der Waals surface area contributed by atoms with E-state index in [1.54, 1.807) is 0 Å². The molecule has 18 heavy (non-hydrogen) atoms. The minimum absolute atomic E-state index is 0.118. The maximum atomic E-state index is 12.3. The average Bonchev–Trinajstić information content (AvgIpc) is 3.02. The fourth-order valence-electron chi connectivity index (χ4n) is 2.82. The van der Waals surface area contributed by atoms with E-state index in [2.05, 4.69) is 0 Å². The molecule has 1 aliphatic carbocycles. The van der Waals surface area contributed by atoms with Crippen LogP contribution in [0.5, 0.6) is 11.5 Å². The molecule has 98 valence electrons. The summed E-state index contributed by atoms with van der Waals surface area (Å²) in [5.41, 5.74) is 8.18. The zero-order valence-corrected chi connectivity index (χ0v) is 10.3. The van der Waals surface area contributed by atoms with E-state index >= 15 is 0 Å². The Balaban J connectivity index is 1.94. The molecule has 0 amide bonds. The third-order valence-corrected chi connectivity index (χ3v) is 3.81. The van der Waals surface area contributed by atoms with Crippen molar-refractivity contribution in [3.63, 3.8) is 0 Å². The van der Waals surface area contributed by atoms with Crippen molar-refractivity contribution in [1.82, 2.24) is 0 Å². The van der Waals surface area contributed by atoms with Gasteiger partial charge in [-0.05, 0) is 36.9 Å². The summed E-state index contributed by atoms with van der Waals surface area (Å²) < 4.78 is 23.4. The van der Waals surface area contributed by atoms with Crippen LogP contribution in [0.3, 0.4) is 0 Å². The first-order valence-corrected chi connectivity index (χ1v) is 6.52. The van der Waals surface area contributed by atoms with E-state index in [9.17, 15) is 4.39 Å². The van der Waals surface area contributed by atoms with Crippen molar-refractivity contribution in [3.8, 4) is 11.5 Å². The molecule has 0 aromatic heterocycles. The fourth-order valence-corrected chi connectivity index (χ4v) is 2.82. The maximum absolute atomic E-state index is 12.3. The molecule has 2 atom stereocenters. The molecule has 0 saturated heterocycles. The number of rotatable bonds is 5. The van der Waals surface area contributed by atoms with Crippen LogP contribution in [0.1, 0.15) is 23.5 Å². The minimum Gasteiger partial charge on any atom is -0.493 e. The molecule has 3 nitrogen and oxygen atoms in total. The van der Waals surface area contributed by atoms with Gasteiger partial charge >= 0.3 is 0 Å². The predicted octanol–water partition coefficient (Wildman–Crippen LogP) is 2.03. The van der Waals surface area contributed by atoms with Crippen LogP contribution in [-0.2, 0) is 6.42 Å². The van der Waals surface area contributed by atoms with Crippen molar-refractivity contribution in [2.45, 2.75) is 18.8 Å². The van der Waals surface area contributed by atoms with Crippen molar-refractivity contribution >= 4 is 0 Å². The first-order chi connectivity index (χ1) is 8.85. The van der Waals surface area contributed by atoms with E-state index in [0.29, 0.717) is 18.4 Å². The standard InChI is InChI=1S/C14H18FNO2/c15-4-6-18-13-2-1-12-10(3-5-17-12)14(13)11-7-9(11)8-16/h1-2,9,11H,3-8,16H2/t9-,11+/m0/s1. The minimum atomic E-state index is -0.460. The number of nitrogens with two attached hydrogens (primary N) is 1. The van der Waals surface area contributed by atoms with Crippen LogP contribution in [0.4, 0.5) is 4.39 Å². The van der Waals surface area contributed by atoms with E-state index in [1.807, 2.05) is 12.1 Å². The van der Waals surface area contributed by atoms with Gasteiger partial charge in [-0.25, -0.2) is 4.39 Å². The third-order valence-electron chi connectivity index (χ3n) is 3.81. The van der Waals surface area contributed by atoms with Crippen molar-refractivity contribution in [2.75, 3.05) is 26.4 Å². The van der Waals surface area contributed by atoms with E-state index in [4.69, 9.17) is 15.2 Å². The van der Waals surface area contributed by atoms with Gasteiger partial charge in [-0.1, -0.05) is 0 Å². The van der Waals surface area contributed by atoms with Crippen molar-refractivity contribution < 1.29 is 13.9 Å². The molecule has 1 aromatic carbocycles. The van der Waals surface area contributed by atoms with Crippen molar-refractivity contribution in [3.05, 3.63) is 23.3 Å². The summed E-state index contributed by atoms with van der Waals surface area (Å²) in [6, 6.07) is 3.83. The van der Waals surface area contributed by atoms with Crippen LogP contribution in [0.15, 0.2) is 12.1 Å². The molecule has 2 aliphatic rings. The van der Waals surface area contributed by atoms with Gasteiger partial charge in [0.1, 0.15) is 24.8 Å². The summed E-state index contributed by atoms with van der Waals surface area (Å²) in [6.45, 7) is 1.09. The molecule has 3 rings (SSSR count). The van der Waals surface area contributed by atoms with Crippen LogP contribution >= 0.6 is 0 Å². The van der Waals surface area contributed by atoms with Gasteiger partial charge in [0, 0.05) is 17.5 Å². The van der Waals surface area contributed by atoms with Gasteiger partial charge in [-0.3, -0.25) is 0 Å². The first-order valence-electron chi connectivity index (χ1n) is 6.52. The van der Waals surface area contributed by atoms with E-state index in [-0.39, 0.29) is 6.61 Å². The summed E-state index contributed by atoms with van der Waals surface area (Å²) in [5, 5.41) is 0. The molecular formula is C14H18FNO2. The summed E-state index contributed by atoms with van der Waals surface area (Å²) in [6.07, 6.45) is 2.03. The number of halogens is 1. The lowest BCUT2D eigenvalue weighted by Gasteiger charge is -2.14. The van der Waals surface area contributed by atoms with E-state index < -0.39 is 6.67 Å². The zero-order valence-electron chi connectivity index (χ0n) is 10.3. The Morgan fingerprint density at radius 1 is 1.44 bits per heavy atom. The highest BCUT2D eigenvalue weighted by Crippen LogP contribution is 2.53. The summed E-state index contributed by atoms with van der Waals surface area (Å²) in [4.78, 5) is 0. The van der Waals surface area contributed by atoms with Crippen LogP contribution in [0, 0.1) is 5.92 Å². The number of alkyl halides is 1.